The number of nitrogens with zero attached hydrogens (tertiary/aromatic N) is 2. The number of carbonyl (C=O) groups is 1. The molecule has 1 aromatic carbocycles. The zero-order valence-electron chi connectivity index (χ0n) is 11.9. The van der Waals surface area contributed by atoms with Crippen molar-refractivity contribution in [3.63, 3.8) is 0 Å². The van der Waals surface area contributed by atoms with E-state index in [-0.39, 0.29) is 5.91 Å². The van der Waals surface area contributed by atoms with Crippen LogP contribution >= 0.6 is 11.3 Å². The van der Waals surface area contributed by atoms with Crippen LogP contribution in [0.3, 0.4) is 0 Å². The minimum Gasteiger partial charge on any atom is -0.497 e. The van der Waals surface area contributed by atoms with Crippen LogP contribution in [0.15, 0.2) is 29.6 Å². The highest BCUT2D eigenvalue weighted by molar-refractivity contribution is 7.14. The van der Waals surface area contributed by atoms with Gasteiger partial charge in [0.05, 0.1) is 12.8 Å². The Balaban J connectivity index is 1.94. The standard InChI is InChI=1S/C15H18N2O2S/c1-11-10-20-15(16-11)17(2)14(18)8-7-12-5-4-6-13(9-12)19-3/h4-6,9-10H,7-8H2,1-3H3. The van der Waals surface area contributed by atoms with Crippen molar-refractivity contribution in [1.29, 1.82) is 0 Å². The van der Waals surface area contributed by atoms with E-state index in [1.807, 2.05) is 36.6 Å². The number of carbonyl (C=O) groups excluding carboxylic acids is 1. The first-order valence-corrected chi connectivity index (χ1v) is 7.29. The summed E-state index contributed by atoms with van der Waals surface area (Å²) < 4.78 is 5.18. The van der Waals surface area contributed by atoms with Gasteiger partial charge < -0.3 is 4.74 Å². The molecule has 2 rings (SSSR count). The lowest BCUT2D eigenvalue weighted by molar-refractivity contribution is -0.118. The highest BCUT2D eigenvalue weighted by Crippen LogP contribution is 2.20. The van der Waals surface area contributed by atoms with Gasteiger partial charge in [0.2, 0.25) is 5.91 Å². The van der Waals surface area contributed by atoms with Crippen molar-refractivity contribution < 1.29 is 9.53 Å². The van der Waals surface area contributed by atoms with Gasteiger partial charge in [-0.25, -0.2) is 4.98 Å². The van der Waals surface area contributed by atoms with Crippen molar-refractivity contribution in [2.45, 2.75) is 19.8 Å². The average Bonchev–Trinajstić information content (AvgIpc) is 2.90. The van der Waals surface area contributed by atoms with Crippen LogP contribution in [-0.4, -0.2) is 25.0 Å². The summed E-state index contributed by atoms with van der Waals surface area (Å²) in [5.74, 6) is 0.890. The lowest BCUT2D eigenvalue weighted by Gasteiger charge is -2.13. The minimum absolute atomic E-state index is 0.0715. The number of ether oxygens (including phenoxy) is 1. The second-order valence-corrected chi connectivity index (χ2v) is 5.41. The Morgan fingerprint density at radius 2 is 2.25 bits per heavy atom. The fraction of sp³-hybridized carbons (Fsp3) is 0.333. The Morgan fingerprint density at radius 1 is 1.45 bits per heavy atom. The number of thiazole rings is 1. The Bertz CT molecular complexity index is 595. The van der Waals surface area contributed by atoms with Crippen LogP contribution in [0, 0.1) is 6.92 Å². The maximum absolute atomic E-state index is 12.1. The quantitative estimate of drug-likeness (QED) is 0.850. The molecular weight excluding hydrogens is 272 g/mol. The first-order valence-electron chi connectivity index (χ1n) is 6.42. The van der Waals surface area contributed by atoms with Gasteiger partial charge in [-0.2, -0.15) is 0 Å². The van der Waals surface area contributed by atoms with Crippen molar-refractivity contribution >= 4 is 22.4 Å². The number of rotatable bonds is 5. The molecule has 1 amide bonds. The van der Waals surface area contributed by atoms with Crippen LogP contribution in [0.2, 0.25) is 0 Å². The van der Waals surface area contributed by atoms with Gasteiger partial charge in [-0.1, -0.05) is 12.1 Å². The third kappa shape index (κ3) is 3.57. The second-order valence-electron chi connectivity index (χ2n) is 4.58. The SMILES string of the molecule is COc1cccc(CCC(=O)N(C)c2nc(C)cs2)c1. The van der Waals surface area contributed by atoms with Crippen LogP contribution < -0.4 is 9.64 Å². The largest absolute Gasteiger partial charge is 0.497 e. The molecule has 2 aromatic rings. The maximum atomic E-state index is 12.1. The minimum atomic E-state index is 0.0715. The van der Waals surface area contributed by atoms with E-state index in [0.29, 0.717) is 12.8 Å². The Hall–Kier alpha value is -1.88. The first-order chi connectivity index (χ1) is 9.60. The van der Waals surface area contributed by atoms with E-state index in [2.05, 4.69) is 4.98 Å². The topological polar surface area (TPSA) is 42.4 Å². The Labute approximate surface area is 123 Å². The maximum Gasteiger partial charge on any atom is 0.228 e. The predicted molar refractivity (Wildman–Crippen MR) is 81.6 cm³/mol. The molecule has 0 aliphatic carbocycles. The fourth-order valence-electron chi connectivity index (χ4n) is 1.85. The van der Waals surface area contributed by atoms with E-state index >= 15 is 0 Å². The summed E-state index contributed by atoms with van der Waals surface area (Å²) >= 11 is 1.49. The van der Waals surface area contributed by atoms with Crippen LogP contribution in [0.5, 0.6) is 5.75 Å². The van der Waals surface area contributed by atoms with Crippen LogP contribution in [0.4, 0.5) is 5.13 Å². The molecule has 1 heterocycles. The van der Waals surface area contributed by atoms with E-state index in [4.69, 9.17) is 4.74 Å². The monoisotopic (exact) mass is 290 g/mol. The van der Waals surface area contributed by atoms with Crippen molar-refractivity contribution in [1.82, 2.24) is 4.98 Å². The fourth-order valence-corrected chi connectivity index (χ4v) is 2.63. The number of hydrogen-bond acceptors (Lipinski definition) is 4. The molecule has 0 bridgehead atoms. The van der Waals surface area contributed by atoms with Crippen molar-refractivity contribution in [3.05, 3.63) is 40.9 Å². The van der Waals surface area contributed by atoms with E-state index in [0.717, 1.165) is 22.1 Å². The zero-order chi connectivity index (χ0) is 14.5. The molecule has 0 saturated heterocycles. The van der Waals surface area contributed by atoms with Gasteiger partial charge in [0, 0.05) is 18.8 Å². The summed E-state index contributed by atoms with van der Waals surface area (Å²) in [7, 11) is 3.41. The molecule has 0 fully saturated rings. The highest BCUT2D eigenvalue weighted by Gasteiger charge is 2.13. The number of hydrogen-bond donors (Lipinski definition) is 0. The molecule has 1 aromatic heterocycles. The summed E-state index contributed by atoms with van der Waals surface area (Å²) in [5.41, 5.74) is 2.04. The molecule has 0 saturated carbocycles. The highest BCUT2D eigenvalue weighted by atomic mass is 32.1. The number of aromatic nitrogens is 1. The summed E-state index contributed by atoms with van der Waals surface area (Å²) in [6, 6.07) is 7.80. The summed E-state index contributed by atoms with van der Waals surface area (Å²) in [4.78, 5) is 18.1. The molecule has 4 nitrogen and oxygen atoms in total. The molecule has 0 atom stereocenters. The van der Waals surface area contributed by atoms with Crippen LogP contribution in [0.25, 0.3) is 0 Å². The van der Waals surface area contributed by atoms with Crippen LogP contribution in [0.1, 0.15) is 17.7 Å². The lowest BCUT2D eigenvalue weighted by Crippen LogP contribution is -2.26. The molecule has 0 aliphatic rings. The van der Waals surface area contributed by atoms with Gasteiger partial charge in [-0.3, -0.25) is 9.69 Å². The smallest absolute Gasteiger partial charge is 0.228 e. The molecule has 20 heavy (non-hydrogen) atoms. The van der Waals surface area contributed by atoms with Crippen molar-refractivity contribution in [3.8, 4) is 5.75 Å². The third-order valence-electron chi connectivity index (χ3n) is 3.03. The van der Waals surface area contributed by atoms with E-state index < -0.39 is 0 Å². The molecule has 0 unspecified atom stereocenters. The number of methoxy groups -OCH3 is 1. The van der Waals surface area contributed by atoms with E-state index in [1.165, 1.54) is 11.3 Å². The van der Waals surface area contributed by atoms with Gasteiger partial charge in [0.25, 0.3) is 0 Å². The van der Waals surface area contributed by atoms with Gasteiger partial charge in [-0.15, -0.1) is 11.3 Å². The molecular formula is C15H18N2O2S. The van der Waals surface area contributed by atoms with Gasteiger partial charge in [0.1, 0.15) is 5.75 Å². The molecule has 0 N–H and O–H groups in total. The van der Waals surface area contributed by atoms with Gasteiger partial charge in [0.15, 0.2) is 5.13 Å². The lowest BCUT2D eigenvalue weighted by atomic mass is 10.1. The summed E-state index contributed by atoms with van der Waals surface area (Å²) in [6.45, 7) is 1.93. The molecule has 0 aliphatic heterocycles. The van der Waals surface area contributed by atoms with Crippen molar-refractivity contribution in [2.24, 2.45) is 0 Å². The summed E-state index contributed by atoms with van der Waals surface area (Å²) in [5, 5.41) is 2.69. The Morgan fingerprint density at radius 3 is 2.90 bits per heavy atom. The molecule has 106 valence electrons. The van der Waals surface area contributed by atoms with Gasteiger partial charge in [-0.05, 0) is 31.0 Å². The average molecular weight is 290 g/mol. The van der Waals surface area contributed by atoms with E-state index in [1.54, 1.807) is 19.1 Å². The number of aryl methyl sites for hydroxylation is 2. The Kier molecular flexibility index (Phi) is 4.74. The third-order valence-corrected chi connectivity index (χ3v) is 4.06. The molecule has 5 heteroatoms. The molecule has 0 radical (unpaired) electrons. The molecule has 0 spiro atoms. The van der Waals surface area contributed by atoms with Gasteiger partial charge >= 0.3 is 0 Å². The van der Waals surface area contributed by atoms with Crippen LogP contribution in [-0.2, 0) is 11.2 Å². The second kappa shape index (κ2) is 6.52. The first kappa shape index (κ1) is 14.5. The van der Waals surface area contributed by atoms with E-state index in [9.17, 15) is 4.79 Å². The normalized spacial score (nSPS) is 10.3. The number of anilines is 1. The number of amides is 1. The number of benzene rings is 1. The predicted octanol–water partition coefficient (Wildman–Crippen LogP) is 3.06. The zero-order valence-corrected chi connectivity index (χ0v) is 12.7. The van der Waals surface area contributed by atoms with Crippen molar-refractivity contribution in [2.75, 3.05) is 19.1 Å². The summed E-state index contributed by atoms with van der Waals surface area (Å²) in [6.07, 6.45) is 1.16.